The third-order valence-electron chi connectivity index (χ3n) is 4.73. The standard InChI is InChI=1S/C20H25NO5S/c1-24-19-12-11-16(13-20(19)25-2)27(22,23)21-17-9-6-10-18(17)26-14-15-7-4-3-5-8-15/h3-5,7-8,11-13,17-18,21H,6,9-10,14H2,1-2H3. The van der Waals surface area contributed by atoms with Gasteiger partial charge in [-0.25, -0.2) is 13.1 Å². The molecule has 2 unspecified atom stereocenters. The number of benzene rings is 2. The first-order valence-electron chi connectivity index (χ1n) is 8.93. The number of nitrogens with one attached hydrogen (secondary N) is 1. The molecule has 0 aromatic heterocycles. The van der Waals surface area contributed by atoms with Crippen LogP contribution in [0.3, 0.4) is 0 Å². The Balaban J connectivity index is 1.69. The molecule has 1 aliphatic rings. The Hall–Kier alpha value is -2.09. The summed E-state index contributed by atoms with van der Waals surface area (Å²) in [4.78, 5) is 0.147. The van der Waals surface area contributed by atoms with Crippen molar-refractivity contribution in [3.05, 3.63) is 54.1 Å². The van der Waals surface area contributed by atoms with E-state index in [1.54, 1.807) is 6.07 Å². The Kier molecular flexibility index (Phi) is 6.36. The summed E-state index contributed by atoms with van der Waals surface area (Å²) in [6, 6.07) is 14.2. The first kappa shape index (κ1) is 19.7. The average Bonchev–Trinajstić information content (AvgIpc) is 3.12. The fraction of sp³-hybridized carbons (Fsp3) is 0.400. The number of hydrogen-bond donors (Lipinski definition) is 1. The first-order chi connectivity index (χ1) is 13.0. The summed E-state index contributed by atoms with van der Waals surface area (Å²) < 4.78 is 44.8. The predicted molar refractivity (Wildman–Crippen MR) is 103 cm³/mol. The van der Waals surface area contributed by atoms with Crippen LogP contribution in [0.15, 0.2) is 53.4 Å². The van der Waals surface area contributed by atoms with Crippen LogP contribution in [0.2, 0.25) is 0 Å². The summed E-state index contributed by atoms with van der Waals surface area (Å²) in [5.74, 6) is 0.866. The summed E-state index contributed by atoms with van der Waals surface area (Å²) in [6.45, 7) is 0.472. The molecule has 3 rings (SSSR count). The highest BCUT2D eigenvalue weighted by atomic mass is 32.2. The van der Waals surface area contributed by atoms with E-state index in [1.165, 1.54) is 26.4 Å². The zero-order valence-electron chi connectivity index (χ0n) is 15.6. The number of sulfonamides is 1. The number of ether oxygens (including phenoxy) is 3. The Labute approximate surface area is 160 Å². The molecule has 0 amide bonds. The van der Waals surface area contributed by atoms with Crippen LogP contribution in [-0.4, -0.2) is 34.8 Å². The molecule has 0 bridgehead atoms. The van der Waals surface area contributed by atoms with E-state index in [2.05, 4.69) is 4.72 Å². The van der Waals surface area contributed by atoms with E-state index in [-0.39, 0.29) is 17.0 Å². The molecule has 6 nitrogen and oxygen atoms in total. The quantitative estimate of drug-likeness (QED) is 0.748. The van der Waals surface area contributed by atoms with Gasteiger partial charge in [-0.05, 0) is 37.0 Å². The smallest absolute Gasteiger partial charge is 0.241 e. The molecule has 7 heteroatoms. The van der Waals surface area contributed by atoms with E-state index in [1.807, 2.05) is 30.3 Å². The van der Waals surface area contributed by atoms with Crippen molar-refractivity contribution < 1.29 is 22.6 Å². The zero-order valence-corrected chi connectivity index (χ0v) is 16.4. The van der Waals surface area contributed by atoms with E-state index < -0.39 is 10.0 Å². The molecule has 146 valence electrons. The lowest BCUT2D eigenvalue weighted by Gasteiger charge is -2.22. The van der Waals surface area contributed by atoms with Crippen molar-refractivity contribution in [3.63, 3.8) is 0 Å². The van der Waals surface area contributed by atoms with Crippen LogP contribution < -0.4 is 14.2 Å². The van der Waals surface area contributed by atoms with Gasteiger partial charge in [0.15, 0.2) is 11.5 Å². The second-order valence-corrected chi connectivity index (χ2v) is 8.22. The maximum Gasteiger partial charge on any atom is 0.241 e. The van der Waals surface area contributed by atoms with Gasteiger partial charge >= 0.3 is 0 Å². The molecule has 1 N–H and O–H groups in total. The van der Waals surface area contributed by atoms with Crippen molar-refractivity contribution in [2.24, 2.45) is 0 Å². The highest BCUT2D eigenvalue weighted by Gasteiger charge is 2.32. The Morgan fingerprint density at radius 3 is 2.44 bits per heavy atom. The van der Waals surface area contributed by atoms with Crippen LogP contribution in [0, 0.1) is 0 Å². The van der Waals surface area contributed by atoms with Gasteiger partial charge in [0, 0.05) is 12.1 Å². The van der Waals surface area contributed by atoms with Crippen molar-refractivity contribution in [2.45, 2.75) is 42.9 Å². The molecule has 0 heterocycles. The van der Waals surface area contributed by atoms with Crippen molar-refractivity contribution >= 4 is 10.0 Å². The first-order valence-corrected chi connectivity index (χ1v) is 10.4. The normalized spacial score (nSPS) is 19.8. The maximum absolute atomic E-state index is 12.8. The fourth-order valence-corrected chi connectivity index (χ4v) is 4.60. The summed E-state index contributed by atoms with van der Waals surface area (Å²) in [5, 5.41) is 0. The van der Waals surface area contributed by atoms with Crippen molar-refractivity contribution in [2.75, 3.05) is 14.2 Å². The summed E-state index contributed by atoms with van der Waals surface area (Å²) in [7, 11) is -0.693. The zero-order chi connectivity index (χ0) is 19.3. The largest absolute Gasteiger partial charge is 0.493 e. The van der Waals surface area contributed by atoms with Crippen molar-refractivity contribution in [1.82, 2.24) is 4.72 Å². The van der Waals surface area contributed by atoms with Gasteiger partial charge in [-0.3, -0.25) is 0 Å². The van der Waals surface area contributed by atoms with E-state index in [0.717, 1.165) is 24.8 Å². The summed E-state index contributed by atoms with van der Waals surface area (Å²) in [6.07, 6.45) is 2.39. The lowest BCUT2D eigenvalue weighted by molar-refractivity contribution is 0.0325. The highest BCUT2D eigenvalue weighted by molar-refractivity contribution is 7.89. The van der Waals surface area contributed by atoms with Crippen LogP contribution in [0.1, 0.15) is 24.8 Å². The molecule has 0 radical (unpaired) electrons. The molecule has 1 aliphatic carbocycles. The predicted octanol–water partition coefficient (Wildman–Crippen LogP) is 3.12. The van der Waals surface area contributed by atoms with Crippen LogP contribution in [0.4, 0.5) is 0 Å². The molecule has 0 spiro atoms. The van der Waals surface area contributed by atoms with Crippen LogP contribution in [0.25, 0.3) is 0 Å². The Morgan fingerprint density at radius 2 is 1.74 bits per heavy atom. The van der Waals surface area contributed by atoms with Gasteiger partial charge in [0.05, 0.1) is 31.8 Å². The van der Waals surface area contributed by atoms with Gasteiger partial charge in [0.1, 0.15) is 0 Å². The molecular weight excluding hydrogens is 366 g/mol. The van der Waals surface area contributed by atoms with Crippen LogP contribution in [-0.2, 0) is 21.4 Å². The summed E-state index contributed by atoms with van der Waals surface area (Å²) >= 11 is 0. The Bertz CT molecular complexity index is 854. The van der Waals surface area contributed by atoms with Gasteiger partial charge in [-0.1, -0.05) is 30.3 Å². The van der Waals surface area contributed by atoms with Gasteiger partial charge < -0.3 is 14.2 Å². The fourth-order valence-electron chi connectivity index (χ4n) is 3.29. The molecule has 0 aliphatic heterocycles. The van der Waals surface area contributed by atoms with Crippen molar-refractivity contribution in [1.29, 1.82) is 0 Å². The SMILES string of the molecule is COc1ccc(S(=O)(=O)NC2CCCC2OCc2ccccc2)cc1OC. The molecule has 2 atom stereocenters. The van der Waals surface area contributed by atoms with Gasteiger partial charge in [0.25, 0.3) is 0 Å². The highest BCUT2D eigenvalue weighted by Crippen LogP contribution is 2.30. The van der Waals surface area contributed by atoms with Gasteiger partial charge in [-0.15, -0.1) is 0 Å². The van der Waals surface area contributed by atoms with Crippen molar-refractivity contribution in [3.8, 4) is 11.5 Å². The topological polar surface area (TPSA) is 73.9 Å². The van der Waals surface area contributed by atoms with E-state index in [4.69, 9.17) is 14.2 Å². The van der Waals surface area contributed by atoms with Crippen LogP contribution >= 0.6 is 0 Å². The second kappa shape index (κ2) is 8.73. The number of hydrogen-bond acceptors (Lipinski definition) is 5. The second-order valence-electron chi connectivity index (χ2n) is 6.51. The molecule has 1 saturated carbocycles. The molecular formula is C20H25NO5S. The maximum atomic E-state index is 12.8. The van der Waals surface area contributed by atoms with Crippen LogP contribution in [0.5, 0.6) is 11.5 Å². The monoisotopic (exact) mass is 391 g/mol. The minimum Gasteiger partial charge on any atom is -0.493 e. The minimum absolute atomic E-state index is 0.139. The molecule has 1 fully saturated rings. The minimum atomic E-state index is -3.68. The lowest BCUT2D eigenvalue weighted by Crippen LogP contribution is -2.41. The third kappa shape index (κ3) is 4.80. The number of rotatable bonds is 8. The van der Waals surface area contributed by atoms with E-state index in [0.29, 0.717) is 18.1 Å². The van der Waals surface area contributed by atoms with Gasteiger partial charge in [-0.2, -0.15) is 0 Å². The molecule has 27 heavy (non-hydrogen) atoms. The van der Waals surface area contributed by atoms with E-state index in [9.17, 15) is 8.42 Å². The number of methoxy groups -OCH3 is 2. The van der Waals surface area contributed by atoms with Gasteiger partial charge in [0.2, 0.25) is 10.0 Å². The third-order valence-corrected chi connectivity index (χ3v) is 6.22. The summed E-state index contributed by atoms with van der Waals surface area (Å²) in [5.41, 5.74) is 1.07. The average molecular weight is 391 g/mol. The lowest BCUT2D eigenvalue weighted by atomic mass is 10.2. The Morgan fingerprint density at radius 1 is 1.00 bits per heavy atom. The molecule has 2 aromatic rings. The molecule has 2 aromatic carbocycles. The van der Waals surface area contributed by atoms with E-state index >= 15 is 0 Å². The molecule has 0 saturated heterocycles.